The molecule has 3 aromatic rings. The minimum Gasteiger partial charge on any atom is -0.481 e. The maximum absolute atomic E-state index is 13.0. The molecule has 1 aliphatic rings. The second kappa shape index (κ2) is 5.99. The minimum atomic E-state index is -3.83. The first-order valence-electron chi connectivity index (χ1n) is 7.82. The van der Waals surface area contributed by atoms with Crippen LogP contribution in [0, 0.1) is 0 Å². The van der Waals surface area contributed by atoms with Crippen molar-refractivity contribution >= 4 is 21.7 Å². The van der Waals surface area contributed by atoms with E-state index in [1.807, 2.05) is 0 Å². The number of carboxylic acids is 1. The normalized spacial score (nSPS) is 17.8. The Morgan fingerprint density at radius 2 is 1.88 bits per heavy atom. The summed E-state index contributed by atoms with van der Waals surface area (Å²) in [4.78, 5) is 15.3. The van der Waals surface area contributed by atoms with E-state index < -0.39 is 22.0 Å². The molecule has 8 heteroatoms. The first-order chi connectivity index (χ1) is 12.5. The van der Waals surface area contributed by atoms with Crippen LogP contribution in [0.3, 0.4) is 0 Å². The van der Waals surface area contributed by atoms with Gasteiger partial charge in [0.15, 0.2) is 12.2 Å². The maximum Gasteiger partial charge on any atom is 0.305 e. The molecule has 132 valence electrons. The molecule has 1 unspecified atom stereocenters. The number of carbonyl (C=O) groups is 1. The van der Waals surface area contributed by atoms with E-state index in [0.29, 0.717) is 17.0 Å². The summed E-state index contributed by atoms with van der Waals surface area (Å²) in [6.45, 7) is 0. The fraction of sp³-hybridized carbons (Fsp3) is 0.111. The topological polar surface area (TPSA) is 101 Å². The van der Waals surface area contributed by atoms with Gasteiger partial charge in [0, 0.05) is 5.56 Å². The summed E-state index contributed by atoms with van der Waals surface area (Å²) in [7, 11) is -3.83. The van der Waals surface area contributed by atoms with Gasteiger partial charge in [-0.2, -0.15) is 0 Å². The number of hydrogen-bond donors (Lipinski definition) is 1. The summed E-state index contributed by atoms with van der Waals surface area (Å²) >= 11 is 0. The fourth-order valence-corrected chi connectivity index (χ4v) is 5.09. The smallest absolute Gasteiger partial charge is 0.305 e. The summed E-state index contributed by atoms with van der Waals surface area (Å²) in [6.07, 6.45) is 2.55. The Balaban J connectivity index is 1.80. The highest BCUT2D eigenvalue weighted by Crippen LogP contribution is 2.44. The Labute approximate surface area is 149 Å². The molecule has 1 atom stereocenters. The van der Waals surface area contributed by atoms with E-state index in [1.165, 1.54) is 16.8 Å². The number of nitrogens with zero attached hydrogens (tertiary/aromatic N) is 2. The van der Waals surface area contributed by atoms with E-state index in [2.05, 4.69) is 4.98 Å². The van der Waals surface area contributed by atoms with Gasteiger partial charge >= 0.3 is 5.97 Å². The molecule has 26 heavy (non-hydrogen) atoms. The number of anilines is 1. The van der Waals surface area contributed by atoms with Crippen molar-refractivity contribution in [2.45, 2.75) is 17.4 Å². The molecule has 0 aliphatic carbocycles. The van der Waals surface area contributed by atoms with E-state index in [4.69, 9.17) is 4.42 Å². The van der Waals surface area contributed by atoms with Crippen LogP contribution in [0.15, 0.2) is 70.4 Å². The van der Waals surface area contributed by atoms with Gasteiger partial charge in [0.1, 0.15) is 0 Å². The molecule has 0 radical (unpaired) electrons. The lowest BCUT2D eigenvalue weighted by molar-refractivity contribution is -0.137. The predicted octanol–water partition coefficient (Wildman–Crippen LogP) is 3.07. The quantitative estimate of drug-likeness (QED) is 0.757. The van der Waals surface area contributed by atoms with Gasteiger partial charge in [0.25, 0.3) is 10.0 Å². The third-order valence-electron chi connectivity index (χ3n) is 4.30. The number of oxazole rings is 1. The molecular weight excluding hydrogens is 356 g/mol. The lowest BCUT2D eigenvalue weighted by Gasteiger charge is -2.24. The summed E-state index contributed by atoms with van der Waals surface area (Å²) in [6, 6.07) is 12.4. The molecule has 0 saturated carbocycles. The Kier molecular flexibility index (Phi) is 3.77. The first-order valence-corrected chi connectivity index (χ1v) is 9.26. The predicted molar refractivity (Wildman–Crippen MR) is 93.0 cm³/mol. The summed E-state index contributed by atoms with van der Waals surface area (Å²) in [5.41, 5.74) is 1.64. The Morgan fingerprint density at radius 3 is 2.54 bits per heavy atom. The van der Waals surface area contributed by atoms with Gasteiger partial charge in [-0.05, 0) is 35.9 Å². The second-order valence-electron chi connectivity index (χ2n) is 5.86. The number of rotatable bonds is 4. The molecule has 0 saturated heterocycles. The molecular formula is C18H14N2O5S. The van der Waals surface area contributed by atoms with Crippen molar-refractivity contribution in [2.24, 2.45) is 0 Å². The molecule has 2 aromatic carbocycles. The van der Waals surface area contributed by atoms with Crippen LogP contribution in [0.5, 0.6) is 0 Å². The number of hydrogen-bond acceptors (Lipinski definition) is 5. The van der Waals surface area contributed by atoms with E-state index in [-0.39, 0.29) is 11.3 Å². The Hall–Kier alpha value is -3.13. The van der Waals surface area contributed by atoms with Gasteiger partial charge in [0.05, 0.1) is 29.2 Å². The summed E-state index contributed by atoms with van der Waals surface area (Å²) in [5.74, 6) is -0.503. The standard InChI is InChI=1S/C18H14N2O5S/c21-18(22)9-15-14-3-1-2-4-17(14)26(23,24)20(15)13-7-5-12(6-8-13)16-10-19-11-25-16/h1-8,10-11,15H,9H2,(H,21,22). The SMILES string of the molecule is O=C(O)CC1c2ccccc2S(=O)(=O)N1c1ccc(-c2cnco2)cc1. The highest BCUT2D eigenvalue weighted by atomic mass is 32.2. The lowest BCUT2D eigenvalue weighted by atomic mass is 10.0. The van der Waals surface area contributed by atoms with E-state index in [0.717, 1.165) is 5.56 Å². The third kappa shape index (κ3) is 2.55. The van der Waals surface area contributed by atoms with Crippen LogP contribution in [-0.4, -0.2) is 24.5 Å². The van der Waals surface area contributed by atoms with Gasteiger partial charge < -0.3 is 9.52 Å². The highest BCUT2D eigenvalue weighted by Gasteiger charge is 2.43. The average Bonchev–Trinajstić information content (AvgIpc) is 3.22. The summed E-state index contributed by atoms with van der Waals surface area (Å²) in [5, 5.41) is 9.26. The van der Waals surface area contributed by atoms with Gasteiger partial charge in [-0.15, -0.1) is 0 Å². The van der Waals surface area contributed by atoms with Crippen molar-refractivity contribution < 1.29 is 22.7 Å². The number of fused-ring (bicyclic) bond motifs is 1. The van der Waals surface area contributed by atoms with Crippen LogP contribution >= 0.6 is 0 Å². The molecule has 0 bridgehead atoms. The van der Waals surface area contributed by atoms with Gasteiger partial charge in [-0.1, -0.05) is 18.2 Å². The Bertz CT molecular complexity index is 1060. The van der Waals surface area contributed by atoms with Crippen molar-refractivity contribution in [2.75, 3.05) is 4.31 Å². The zero-order valence-electron chi connectivity index (χ0n) is 13.4. The number of sulfonamides is 1. The molecule has 1 N–H and O–H groups in total. The largest absolute Gasteiger partial charge is 0.481 e. The van der Waals surface area contributed by atoms with Crippen molar-refractivity contribution in [3.63, 3.8) is 0 Å². The van der Waals surface area contributed by atoms with Crippen molar-refractivity contribution in [3.05, 3.63) is 66.7 Å². The molecule has 1 aliphatic heterocycles. The van der Waals surface area contributed by atoms with E-state index in [9.17, 15) is 18.3 Å². The van der Waals surface area contributed by atoms with Crippen molar-refractivity contribution in [1.29, 1.82) is 0 Å². The second-order valence-corrected chi connectivity index (χ2v) is 7.65. The van der Waals surface area contributed by atoms with Crippen LogP contribution < -0.4 is 4.31 Å². The monoisotopic (exact) mass is 370 g/mol. The Morgan fingerprint density at radius 1 is 1.15 bits per heavy atom. The van der Waals surface area contributed by atoms with Crippen LogP contribution in [0.2, 0.25) is 0 Å². The first kappa shape index (κ1) is 16.3. The minimum absolute atomic E-state index is 0.144. The lowest BCUT2D eigenvalue weighted by Crippen LogP contribution is -2.29. The zero-order valence-corrected chi connectivity index (χ0v) is 14.3. The van der Waals surface area contributed by atoms with Crippen LogP contribution in [0.25, 0.3) is 11.3 Å². The molecule has 1 aromatic heterocycles. The molecule has 0 spiro atoms. The van der Waals surface area contributed by atoms with Crippen molar-refractivity contribution in [1.82, 2.24) is 4.98 Å². The number of aliphatic carboxylic acids is 1. The average molecular weight is 370 g/mol. The van der Waals surface area contributed by atoms with Gasteiger partial charge in [0.2, 0.25) is 0 Å². The highest BCUT2D eigenvalue weighted by molar-refractivity contribution is 7.93. The molecule has 4 rings (SSSR count). The molecule has 0 amide bonds. The third-order valence-corrected chi connectivity index (χ3v) is 6.22. The summed E-state index contributed by atoms with van der Waals surface area (Å²) < 4.78 is 32.4. The fourth-order valence-electron chi connectivity index (χ4n) is 3.20. The molecule has 0 fully saturated rings. The number of benzene rings is 2. The van der Waals surface area contributed by atoms with E-state index >= 15 is 0 Å². The maximum atomic E-state index is 13.0. The van der Waals surface area contributed by atoms with Crippen molar-refractivity contribution in [3.8, 4) is 11.3 Å². The van der Waals surface area contributed by atoms with Gasteiger partial charge in [-0.25, -0.2) is 13.4 Å². The van der Waals surface area contributed by atoms with Crippen LogP contribution in [-0.2, 0) is 14.8 Å². The molecule has 2 heterocycles. The van der Waals surface area contributed by atoms with Crippen LogP contribution in [0.1, 0.15) is 18.0 Å². The zero-order chi connectivity index (χ0) is 18.3. The number of carboxylic acid groups (broad SMARTS) is 1. The molecule has 7 nitrogen and oxygen atoms in total. The van der Waals surface area contributed by atoms with Crippen LogP contribution in [0.4, 0.5) is 5.69 Å². The van der Waals surface area contributed by atoms with Gasteiger partial charge in [-0.3, -0.25) is 9.10 Å². The number of aromatic nitrogens is 1. The van der Waals surface area contributed by atoms with E-state index in [1.54, 1.807) is 48.7 Å².